The van der Waals surface area contributed by atoms with Crippen LogP contribution < -0.4 is 15.0 Å². The summed E-state index contributed by atoms with van der Waals surface area (Å²) in [4.78, 5) is 24.3. The Balaban J connectivity index is 1.43. The maximum Gasteiger partial charge on any atom is 0.253 e. The number of nitrogens with zero attached hydrogens (tertiary/aromatic N) is 3. The highest BCUT2D eigenvalue weighted by molar-refractivity contribution is 5.98. The molecule has 1 aliphatic heterocycles. The first kappa shape index (κ1) is 20.1. The van der Waals surface area contributed by atoms with Crippen LogP contribution in [0.2, 0.25) is 0 Å². The Kier molecular flexibility index (Phi) is 6.12. The molecule has 0 unspecified atom stereocenters. The van der Waals surface area contributed by atoms with Crippen molar-refractivity contribution in [3.8, 4) is 5.75 Å². The van der Waals surface area contributed by atoms with Crippen LogP contribution in [0.1, 0.15) is 47.3 Å². The number of hydrogen-bond acceptors (Lipinski definition) is 5. The molecule has 0 bridgehead atoms. The second-order valence-electron chi connectivity index (χ2n) is 7.79. The first-order valence-electron chi connectivity index (χ1n) is 10.6. The minimum absolute atomic E-state index is 0.138. The molecule has 1 amide bonds. The van der Waals surface area contributed by atoms with Crippen molar-refractivity contribution < 1.29 is 9.53 Å². The number of anilines is 1. The van der Waals surface area contributed by atoms with Crippen molar-refractivity contribution >= 4 is 22.6 Å². The number of pyridine rings is 2. The quantitative estimate of drug-likeness (QED) is 0.688. The number of fused-ring (bicyclic) bond motifs is 1. The molecule has 1 aliphatic rings. The average Bonchev–Trinajstić information content (AvgIpc) is 3.06. The average molecular weight is 405 g/mol. The molecule has 1 aromatic carbocycles. The Labute approximate surface area is 177 Å². The number of methoxy groups -OCH3 is 1. The van der Waals surface area contributed by atoms with Gasteiger partial charge >= 0.3 is 0 Å². The van der Waals surface area contributed by atoms with Crippen molar-refractivity contribution in [2.45, 2.75) is 39.2 Å². The molecular formula is C24H28N4O2. The molecular weight excluding hydrogens is 376 g/mol. The minimum Gasteiger partial charge on any atom is -0.497 e. The number of carbonyl (C=O) groups excluding carboxylic acids is 1. The number of amides is 1. The fourth-order valence-corrected chi connectivity index (χ4v) is 3.89. The monoisotopic (exact) mass is 404 g/mol. The number of nitrogens with one attached hydrogen (secondary N) is 1. The fraction of sp³-hybridized carbons (Fsp3) is 0.375. The van der Waals surface area contributed by atoms with E-state index < -0.39 is 0 Å². The number of aryl methyl sites for hydroxylation is 1. The molecule has 1 fully saturated rings. The topological polar surface area (TPSA) is 67.3 Å². The molecule has 2 aromatic heterocycles. The highest BCUT2D eigenvalue weighted by Gasteiger charge is 2.13. The molecule has 6 heteroatoms. The summed E-state index contributed by atoms with van der Waals surface area (Å²) in [5.74, 6) is 1.63. The SMILES string of the molecule is COc1ccc2nc(C)c(C(=O)NCc3ccc(N4CCCCCC4)nc3)cc2c1. The molecule has 0 spiro atoms. The second kappa shape index (κ2) is 9.11. The van der Waals surface area contributed by atoms with E-state index in [0.717, 1.165) is 41.1 Å². The zero-order valence-corrected chi connectivity index (χ0v) is 17.6. The van der Waals surface area contributed by atoms with E-state index in [1.54, 1.807) is 7.11 Å². The van der Waals surface area contributed by atoms with Gasteiger partial charge in [0.1, 0.15) is 11.6 Å². The molecule has 1 N–H and O–H groups in total. The predicted molar refractivity (Wildman–Crippen MR) is 119 cm³/mol. The van der Waals surface area contributed by atoms with Gasteiger partial charge in [-0.05, 0) is 55.7 Å². The zero-order chi connectivity index (χ0) is 20.9. The van der Waals surface area contributed by atoms with Crippen LogP contribution in [0.3, 0.4) is 0 Å². The molecule has 3 heterocycles. The van der Waals surface area contributed by atoms with Crippen LogP contribution in [-0.2, 0) is 6.54 Å². The maximum atomic E-state index is 12.8. The molecule has 0 atom stereocenters. The molecule has 0 aliphatic carbocycles. The van der Waals surface area contributed by atoms with Crippen molar-refractivity contribution in [1.82, 2.24) is 15.3 Å². The van der Waals surface area contributed by atoms with Crippen LogP contribution in [0, 0.1) is 6.92 Å². The molecule has 156 valence electrons. The Morgan fingerprint density at radius 2 is 1.90 bits per heavy atom. The van der Waals surface area contributed by atoms with E-state index >= 15 is 0 Å². The lowest BCUT2D eigenvalue weighted by molar-refractivity contribution is 0.0950. The van der Waals surface area contributed by atoms with Crippen LogP contribution in [0.4, 0.5) is 5.82 Å². The second-order valence-corrected chi connectivity index (χ2v) is 7.79. The van der Waals surface area contributed by atoms with Crippen LogP contribution >= 0.6 is 0 Å². The smallest absolute Gasteiger partial charge is 0.253 e. The van der Waals surface area contributed by atoms with Gasteiger partial charge in [0.2, 0.25) is 0 Å². The summed E-state index contributed by atoms with van der Waals surface area (Å²) in [6.45, 7) is 4.43. The number of carbonyl (C=O) groups is 1. The Hall–Kier alpha value is -3.15. The van der Waals surface area contributed by atoms with Gasteiger partial charge in [-0.3, -0.25) is 9.78 Å². The minimum atomic E-state index is -0.138. The summed E-state index contributed by atoms with van der Waals surface area (Å²) in [6.07, 6.45) is 6.92. The van der Waals surface area contributed by atoms with Gasteiger partial charge in [-0.15, -0.1) is 0 Å². The van der Waals surface area contributed by atoms with E-state index in [1.807, 2.05) is 43.5 Å². The summed E-state index contributed by atoms with van der Waals surface area (Å²) in [7, 11) is 1.63. The summed E-state index contributed by atoms with van der Waals surface area (Å²) < 4.78 is 5.28. The molecule has 4 rings (SSSR count). The lowest BCUT2D eigenvalue weighted by Crippen LogP contribution is -2.25. The third kappa shape index (κ3) is 4.53. The number of benzene rings is 1. The van der Waals surface area contributed by atoms with Gasteiger partial charge in [0, 0.05) is 31.2 Å². The maximum absolute atomic E-state index is 12.8. The molecule has 1 saturated heterocycles. The lowest BCUT2D eigenvalue weighted by Gasteiger charge is -2.21. The van der Waals surface area contributed by atoms with E-state index in [4.69, 9.17) is 4.74 Å². The van der Waals surface area contributed by atoms with Crippen molar-refractivity contribution in [3.63, 3.8) is 0 Å². The van der Waals surface area contributed by atoms with E-state index in [-0.39, 0.29) is 5.91 Å². The number of rotatable bonds is 5. The Bertz CT molecular complexity index is 1030. The highest BCUT2D eigenvalue weighted by atomic mass is 16.5. The van der Waals surface area contributed by atoms with Gasteiger partial charge in [0.05, 0.1) is 23.9 Å². The largest absolute Gasteiger partial charge is 0.497 e. The fourth-order valence-electron chi connectivity index (χ4n) is 3.89. The Morgan fingerprint density at radius 1 is 1.10 bits per heavy atom. The van der Waals surface area contributed by atoms with Crippen LogP contribution in [-0.4, -0.2) is 36.1 Å². The van der Waals surface area contributed by atoms with Crippen LogP contribution in [0.15, 0.2) is 42.6 Å². The number of ether oxygens (including phenoxy) is 1. The first-order valence-corrected chi connectivity index (χ1v) is 10.6. The van der Waals surface area contributed by atoms with Crippen LogP contribution in [0.5, 0.6) is 5.75 Å². The summed E-state index contributed by atoms with van der Waals surface area (Å²) >= 11 is 0. The van der Waals surface area contributed by atoms with E-state index in [1.165, 1.54) is 25.7 Å². The molecule has 6 nitrogen and oxygen atoms in total. The predicted octanol–water partition coefficient (Wildman–Crippen LogP) is 4.26. The lowest BCUT2D eigenvalue weighted by atomic mass is 10.1. The van der Waals surface area contributed by atoms with Crippen molar-refractivity contribution in [2.75, 3.05) is 25.1 Å². The van der Waals surface area contributed by atoms with Gasteiger partial charge in [-0.2, -0.15) is 0 Å². The van der Waals surface area contributed by atoms with Crippen molar-refractivity contribution in [1.29, 1.82) is 0 Å². The van der Waals surface area contributed by atoms with E-state index in [2.05, 4.69) is 26.3 Å². The molecule has 30 heavy (non-hydrogen) atoms. The van der Waals surface area contributed by atoms with Gasteiger partial charge in [-0.25, -0.2) is 4.98 Å². The summed E-state index contributed by atoms with van der Waals surface area (Å²) in [5.41, 5.74) is 3.11. The molecule has 0 saturated carbocycles. The van der Waals surface area contributed by atoms with E-state index in [9.17, 15) is 4.79 Å². The Morgan fingerprint density at radius 3 is 2.60 bits per heavy atom. The third-order valence-electron chi connectivity index (χ3n) is 5.65. The van der Waals surface area contributed by atoms with Crippen LogP contribution in [0.25, 0.3) is 10.9 Å². The normalized spacial score (nSPS) is 14.4. The zero-order valence-electron chi connectivity index (χ0n) is 17.6. The van der Waals surface area contributed by atoms with Crippen molar-refractivity contribution in [3.05, 3.63) is 59.4 Å². The standard InChI is InChI=1S/C24H28N4O2/c1-17-21(14-19-13-20(30-2)8-9-22(19)27-17)24(29)26-16-18-7-10-23(25-15-18)28-11-5-3-4-6-12-28/h7-10,13-15H,3-6,11-12,16H2,1-2H3,(H,26,29). The summed E-state index contributed by atoms with van der Waals surface area (Å²) in [5, 5.41) is 3.88. The van der Waals surface area contributed by atoms with Gasteiger partial charge in [-0.1, -0.05) is 18.9 Å². The van der Waals surface area contributed by atoms with Crippen molar-refractivity contribution in [2.24, 2.45) is 0 Å². The van der Waals surface area contributed by atoms with Gasteiger partial charge in [0.15, 0.2) is 0 Å². The van der Waals surface area contributed by atoms with E-state index in [0.29, 0.717) is 17.8 Å². The molecule has 0 radical (unpaired) electrons. The third-order valence-corrected chi connectivity index (χ3v) is 5.65. The molecule has 3 aromatic rings. The summed E-state index contributed by atoms with van der Waals surface area (Å²) in [6, 6.07) is 11.6. The van der Waals surface area contributed by atoms with Gasteiger partial charge in [0.25, 0.3) is 5.91 Å². The number of hydrogen-bond donors (Lipinski definition) is 1. The number of aromatic nitrogens is 2. The first-order chi connectivity index (χ1) is 14.6. The highest BCUT2D eigenvalue weighted by Crippen LogP contribution is 2.22. The van der Waals surface area contributed by atoms with Gasteiger partial charge < -0.3 is 15.0 Å².